The van der Waals surface area contributed by atoms with Crippen molar-refractivity contribution < 1.29 is 65.9 Å². The third-order valence-corrected chi connectivity index (χ3v) is 15.2. The van der Waals surface area contributed by atoms with E-state index in [-0.39, 0.29) is 60.9 Å². The van der Waals surface area contributed by atoms with Crippen LogP contribution in [0.2, 0.25) is 0 Å². The fourth-order valence-corrected chi connectivity index (χ4v) is 11.2. The molecule has 5 rings (SSSR count). The Kier molecular flexibility index (Phi) is 17.8. The van der Waals surface area contributed by atoms with Gasteiger partial charge in [0.15, 0.2) is 11.9 Å². The number of ether oxygens (including phenoxy) is 6. The molecule has 1 aromatic heterocycles. The van der Waals surface area contributed by atoms with Crippen LogP contribution in [0.4, 0.5) is 15.3 Å². The van der Waals surface area contributed by atoms with Crippen LogP contribution >= 0.6 is 0 Å². The second-order valence-corrected chi connectivity index (χ2v) is 20.7. The lowest BCUT2D eigenvalue weighted by Gasteiger charge is -2.48. The molecule has 1 aromatic carbocycles. The SMILES string of the molecule is CC[C@@H]1OC(=O)[C@H](C)[C@H](OC(=O)Cc2ccccn2)[C@@H](C)[C@@H](O[C@@H]2O[C@H](C)C[C@H](N(C)C)[C@H]2O)[C@](C)(OC)C[C@@H](C)C(=O)[C@@H](C)[C@@H]2N(CCNS(=O)(=O)c3ccc(NC(N)=O)cc3)C(=O)O[C@]12C. The van der Waals surface area contributed by atoms with Crippen LogP contribution in [-0.2, 0) is 59.2 Å². The fourth-order valence-electron chi connectivity index (χ4n) is 10.1. The molecule has 0 radical (unpaired) electrons. The van der Waals surface area contributed by atoms with Crippen LogP contribution in [0.5, 0.6) is 0 Å². The van der Waals surface area contributed by atoms with Crippen molar-refractivity contribution in [2.24, 2.45) is 29.4 Å². The number of benzene rings is 1. The zero-order chi connectivity index (χ0) is 50.5. The lowest BCUT2D eigenvalue weighted by Crippen LogP contribution is -2.61. The van der Waals surface area contributed by atoms with Crippen molar-refractivity contribution in [1.29, 1.82) is 0 Å². The highest BCUT2D eigenvalue weighted by Crippen LogP contribution is 2.44. The third kappa shape index (κ3) is 12.1. The van der Waals surface area contributed by atoms with Gasteiger partial charge in [-0.1, -0.05) is 33.8 Å². The number of nitrogens with one attached hydrogen (secondary N) is 2. The number of hydrogen-bond acceptors (Lipinski definition) is 16. The topological polar surface area (TPSA) is 265 Å². The van der Waals surface area contributed by atoms with Crippen LogP contribution in [0, 0.1) is 23.7 Å². The van der Waals surface area contributed by atoms with Gasteiger partial charge in [-0.3, -0.25) is 24.3 Å². The van der Waals surface area contributed by atoms with Gasteiger partial charge in [0, 0.05) is 55.9 Å². The first-order chi connectivity index (χ1) is 31.9. The fraction of sp³-hybridized carbons (Fsp3) is 0.660. The molecule has 2 aromatic rings. The maximum atomic E-state index is 15.0. The Morgan fingerprint density at radius 3 is 2.29 bits per heavy atom. The second kappa shape index (κ2) is 22.3. The summed E-state index contributed by atoms with van der Waals surface area (Å²) in [6.07, 6.45) is -5.12. The number of rotatable bonds is 14. The number of fused-ring (bicyclic) bond motifs is 1. The van der Waals surface area contributed by atoms with Crippen LogP contribution < -0.4 is 15.8 Å². The molecule has 3 amide bonds. The van der Waals surface area contributed by atoms with E-state index in [1.54, 1.807) is 72.9 Å². The molecule has 0 saturated carbocycles. The van der Waals surface area contributed by atoms with Crippen molar-refractivity contribution >= 4 is 45.6 Å². The number of pyridine rings is 1. The molecule has 378 valence electrons. The number of nitrogens with two attached hydrogens (primary N) is 1. The lowest BCUT2D eigenvalue weighted by atomic mass is 9.73. The van der Waals surface area contributed by atoms with Gasteiger partial charge in [-0.05, 0) is 97.5 Å². The van der Waals surface area contributed by atoms with Crippen LogP contribution in [0.3, 0.4) is 0 Å². The molecule has 20 nitrogen and oxygen atoms in total. The van der Waals surface area contributed by atoms with Gasteiger partial charge < -0.3 is 49.5 Å². The Bertz CT molecular complexity index is 2200. The highest BCUT2D eigenvalue weighted by atomic mass is 32.2. The van der Waals surface area contributed by atoms with E-state index in [0.717, 1.165) is 0 Å². The molecular formula is C47H70N6O14S. The number of aliphatic hydroxyl groups excluding tert-OH is 1. The molecule has 4 heterocycles. The molecule has 14 atom stereocenters. The largest absolute Gasteiger partial charge is 0.461 e. The Hall–Kier alpha value is -4.77. The number of ketones is 1. The normalized spacial score (nSPS) is 34.1. The number of likely N-dealkylation sites (N-methyl/N-ethyl adjacent to an activating group) is 1. The second-order valence-electron chi connectivity index (χ2n) is 19.0. The van der Waals surface area contributed by atoms with E-state index in [0.29, 0.717) is 12.1 Å². The van der Waals surface area contributed by atoms with Crippen LogP contribution in [0.1, 0.15) is 80.3 Å². The highest BCUT2D eigenvalue weighted by molar-refractivity contribution is 7.89. The first kappa shape index (κ1) is 54.2. The number of sulfonamides is 1. The summed E-state index contributed by atoms with van der Waals surface area (Å²) >= 11 is 0. The number of primary amides is 1. The molecule has 0 spiro atoms. The number of methoxy groups -OCH3 is 1. The lowest BCUT2D eigenvalue weighted by molar-refractivity contribution is -0.301. The first-order valence-electron chi connectivity index (χ1n) is 23.1. The molecule has 3 aliphatic heterocycles. The van der Waals surface area contributed by atoms with E-state index >= 15 is 0 Å². The van der Waals surface area contributed by atoms with Crippen molar-refractivity contribution in [1.82, 2.24) is 19.5 Å². The predicted molar refractivity (Wildman–Crippen MR) is 247 cm³/mol. The number of nitrogens with zero attached hydrogens (tertiary/aromatic N) is 3. The minimum absolute atomic E-state index is 0.00752. The van der Waals surface area contributed by atoms with Crippen LogP contribution in [0.25, 0.3) is 0 Å². The van der Waals surface area contributed by atoms with Crippen molar-refractivity contribution in [2.45, 2.75) is 146 Å². The summed E-state index contributed by atoms with van der Waals surface area (Å²) in [6, 6.07) is 8.13. The van der Waals surface area contributed by atoms with Gasteiger partial charge in [0.25, 0.3) is 0 Å². The standard InChI is InChI=1S/C47H70N6O14S/c1-12-35-47(8)40(53(45(59)67-47)22-21-50-68(60,61)33-18-16-31(17-19-33)51-44(48)58)28(4)37(55)26(2)25-46(7,62-11)41(66-43-38(56)34(52(9)10)23-27(3)63-43)29(5)39(30(6)42(57)64-35)65-36(54)24-32-15-13-14-20-49-32/h13-20,26-30,34-35,38-41,43,50,56H,12,21-25H2,1-11H3,(H3,48,51,58)/t26-,27-,28-,29-,30-,34+,35+,38-,39-,40+,41-,43+,46-,47-/m1/s1. The van der Waals surface area contributed by atoms with E-state index in [2.05, 4.69) is 15.0 Å². The highest BCUT2D eigenvalue weighted by Gasteiger charge is 2.60. The number of Topliss-reactive ketones (excluding diaryl/α,β-unsaturated/α-hetero) is 1. The molecule has 3 fully saturated rings. The number of carbonyl (C=O) groups is 5. The summed E-state index contributed by atoms with van der Waals surface area (Å²) < 4.78 is 67.3. The first-order valence-corrected chi connectivity index (χ1v) is 24.6. The number of amides is 3. The van der Waals surface area contributed by atoms with Gasteiger partial charge in [0.05, 0.1) is 46.8 Å². The molecular weight excluding hydrogens is 905 g/mol. The van der Waals surface area contributed by atoms with Gasteiger partial charge >= 0.3 is 24.1 Å². The zero-order valence-corrected chi connectivity index (χ0v) is 41.7. The van der Waals surface area contributed by atoms with E-state index in [9.17, 15) is 37.5 Å². The van der Waals surface area contributed by atoms with Crippen molar-refractivity contribution in [3.05, 3.63) is 54.4 Å². The smallest absolute Gasteiger partial charge is 0.410 e. The van der Waals surface area contributed by atoms with Gasteiger partial charge in [0.2, 0.25) is 10.0 Å². The van der Waals surface area contributed by atoms with E-state index in [1.165, 1.54) is 36.3 Å². The predicted octanol–water partition coefficient (Wildman–Crippen LogP) is 3.64. The van der Waals surface area contributed by atoms with Crippen molar-refractivity contribution in [2.75, 3.05) is 39.6 Å². The van der Waals surface area contributed by atoms with Gasteiger partial charge in [-0.2, -0.15) is 0 Å². The van der Waals surface area contributed by atoms with Crippen molar-refractivity contribution in [3.63, 3.8) is 0 Å². The molecule has 0 bridgehead atoms. The molecule has 3 saturated heterocycles. The molecule has 0 unspecified atom stereocenters. The quantitative estimate of drug-likeness (QED) is 0.156. The number of carbonyl (C=O) groups excluding carboxylic acids is 5. The summed E-state index contributed by atoms with van der Waals surface area (Å²) in [5.74, 6) is -5.69. The Labute approximate surface area is 399 Å². The van der Waals surface area contributed by atoms with Gasteiger partial charge in [-0.25, -0.2) is 22.7 Å². The zero-order valence-electron chi connectivity index (χ0n) is 40.9. The average Bonchev–Trinajstić information content (AvgIpc) is 3.54. The van der Waals surface area contributed by atoms with Gasteiger partial charge in [-0.15, -0.1) is 0 Å². The monoisotopic (exact) mass is 974 g/mol. The van der Waals surface area contributed by atoms with Crippen molar-refractivity contribution in [3.8, 4) is 0 Å². The molecule has 3 aliphatic rings. The van der Waals surface area contributed by atoms with E-state index in [1.807, 2.05) is 25.9 Å². The Morgan fingerprint density at radius 1 is 1.03 bits per heavy atom. The number of urea groups is 1. The summed E-state index contributed by atoms with van der Waals surface area (Å²) in [5.41, 5.74) is 2.84. The van der Waals surface area contributed by atoms with E-state index < -0.39 is 106 Å². The summed E-state index contributed by atoms with van der Waals surface area (Å²) in [4.78, 5) is 76.1. The minimum Gasteiger partial charge on any atom is -0.461 e. The maximum Gasteiger partial charge on any atom is 0.410 e. The number of esters is 2. The molecule has 5 N–H and O–H groups in total. The van der Waals surface area contributed by atoms with E-state index in [4.69, 9.17) is 34.2 Å². The Balaban J connectivity index is 1.55. The number of hydrogen-bond donors (Lipinski definition) is 4. The number of cyclic esters (lactones) is 1. The van der Waals surface area contributed by atoms with Crippen LogP contribution in [0.15, 0.2) is 53.6 Å². The number of aliphatic hydroxyl groups is 1. The van der Waals surface area contributed by atoms with Gasteiger partial charge in [0.1, 0.15) is 24.1 Å². The number of anilines is 1. The maximum absolute atomic E-state index is 15.0. The summed E-state index contributed by atoms with van der Waals surface area (Å²) in [7, 11) is 0.998. The minimum atomic E-state index is -4.14. The summed E-state index contributed by atoms with van der Waals surface area (Å²) in [5, 5.41) is 14.1. The van der Waals surface area contributed by atoms with Crippen LogP contribution in [-0.4, -0.2) is 153 Å². The molecule has 21 heteroatoms. The molecule has 0 aliphatic carbocycles. The number of aromatic nitrogens is 1. The summed E-state index contributed by atoms with van der Waals surface area (Å²) in [6.45, 7) is 13.0. The Morgan fingerprint density at radius 2 is 1.71 bits per heavy atom. The molecule has 68 heavy (non-hydrogen) atoms. The average molecular weight is 975 g/mol. The third-order valence-electron chi connectivity index (χ3n) is 13.7.